The number of nitrogens with zero attached hydrogens (tertiary/aromatic N) is 1. The average molecular weight is 239 g/mol. The molecular weight excluding hydrogens is 218 g/mol. The number of para-hydroxylation sites is 1. The predicted molar refractivity (Wildman–Crippen MR) is 80.5 cm³/mol. The zero-order valence-corrected chi connectivity index (χ0v) is 11.7. The van der Waals surface area contributed by atoms with E-state index in [-0.39, 0.29) is 5.41 Å². The van der Waals surface area contributed by atoms with Crippen molar-refractivity contribution >= 4 is 16.5 Å². The summed E-state index contributed by atoms with van der Waals surface area (Å²) < 4.78 is 2.14. The summed E-state index contributed by atoms with van der Waals surface area (Å²) in [5, 5.41) is 1.25. The van der Waals surface area contributed by atoms with Crippen LogP contribution in [0.3, 0.4) is 0 Å². The highest BCUT2D eigenvalue weighted by Crippen LogP contribution is 2.37. The normalized spacial score (nSPS) is 11.8. The molecule has 2 rings (SSSR count). The smallest absolute Gasteiger partial charge is 0.0484 e. The molecule has 0 aliphatic rings. The lowest BCUT2D eigenvalue weighted by molar-refractivity contribution is 0.523. The van der Waals surface area contributed by atoms with Crippen molar-refractivity contribution < 1.29 is 0 Å². The summed E-state index contributed by atoms with van der Waals surface area (Å²) in [6.07, 6.45) is 2.14. The third kappa shape index (κ3) is 2.01. The van der Waals surface area contributed by atoms with Crippen LogP contribution in [0.25, 0.3) is 16.5 Å². The van der Waals surface area contributed by atoms with Crippen molar-refractivity contribution in [3.63, 3.8) is 0 Å². The van der Waals surface area contributed by atoms with Crippen molar-refractivity contribution in [2.45, 2.75) is 20.8 Å². The molecule has 0 unspecified atom stereocenters. The summed E-state index contributed by atoms with van der Waals surface area (Å²) >= 11 is 0. The molecule has 18 heavy (non-hydrogen) atoms. The molecule has 0 radical (unpaired) electrons. The Hall–Kier alpha value is -1.76. The van der Waals surface area contributed by atoms with Gasteiger partial charge in [0, 0.05) is 29.7 Å². The fraction of sp³-hybridized carbons (Fsp3) is 0.294. The molecule has 94 valence electrons. The Morgan fingerprint density at radius 1 is 1.11 bits per heavy atom. The van der Waals surface area contributed by atoms with E-state index in [9.17, 15) is 0 Å². The lowest BCUT2D eigenvalue weighted by atomic mass is 9.81. The van der Waals surface area contributed by atoms with Gasteiger partial charge in [0.15, 0.2) is 0 Å². The number of aryl methyl sites for hydroxylation is 1. The molecule has 1 aromatic heterocycles. The summed E-state index contributed by atoms with van der Waals surface area (Å²) in [4.78, 5) is 0. The average Bonchev–Trinajstić information content (AvgIpc) is 2.65. The van der Waals surface area contributed by atoms with Crippen molar-refractivity contribution in [3.8, 4) is 0 Å². The van der Waals surface area contributed by atoms with Crippen LogP contribution in [0, 0.1) is 5.41 Å². The highest BCUT2D eigenvalue weighted by Gasteiger charge is 2.20. The maximum Gasteiger partial charge on any atom is 0.0484 e. The third-order valence-corrected chi connectivity index (χ3v) is 3.49. The molecule has 2 aromatic rings. The van der Waals surface area contributed by atoms with E-state index < -0.39 is 0 Å². The molecule has 0 amide bonds. The zero-order chi connectivity index (χ0) is 13.5. The summed E-state index contributed by atoms with van der Waals surface area (Å²) in [5.74, 6) is 0. The second kappa shape index (κ2) is 4.16. The molecule has 0 fully saturated rings. The van der Waals surface area contributed by atoms with E-state index in [0.717, 1.165) is 11.1 Å². The van der Waals surface area contributed by atoms with E-state index in [1.54, 1.807) is 0 Å². The Morgan fingerprint density at radius 2 is 1.72 bits per heavy atom. The maximum atomic E-state index is 4.24. The molecule has 0 atom stereocenters. The van der Waals surface area contributed by atoms with Crippen molar-refractivity contribution in [2.75, 3.05) is 0 Å². The van der Waals surface area contributed by atoms with E-state index in [2.05, 4.69) is 76.0 Å². The van der Waals surface area contributed by atoms with Gasteiger partial charge in [-0.25, -0.2) is 0 Å². The lowest BCUT2D eigenvalue weighted by Crippen LogP contribution is -2.09. The Bertz CT molecular complexity index is 621. The number of fused-ring (bicyclic) bond motifs is 1. The number of hydrogen-bond donors (Lipinski definition) is 0. The van der Waals surface area contributed by atoms with E-state index in [1.807, 2.05) is 0 Å². The number of aromatic nitrogens is 1. The van der Waals surface area contributed by atoms with Gasteiger partial charge in [0.1, 0.15) is 0 Å². The summed E-state index contributed by atoms with van der Waals surface area (Å²) in [7, 11) is 2.07. The minimum absolute atomic E-state index is 0.0496. The van der Waals surface area contributed by atoms with Gasteiger partial charge in [-0.05, 0) is 22.6 Å². The fourth-order valence-corrected chi connectivity index (χ4v) is 2.20. The largest absolute Gasteiger partial charge is 0.350 e. The molecule has 0 aliphatic carbocycles. The van der Waals surface area contributed by atoms with Crippen molar-refractivity contribution in [1.82, 2.24) is 4.57 Å². The van der Waals surface area contributed by atoms with Gasteiger partial charge in [0.2, 0.25) is 0 Å². The Balaban J connectivity index is 2.56. The van der Waals surface area contributed by atoms with Gasteiger partial charge >= 0.3 is 0 Å². The molecule has 0 saturated carbocycles. The maximum absolute atomic E-state index is 4.24. The topological polar surface area (TPSA) is 4.93 Å². The van der Waals surface area contributed by atoms with Gasteiger partial charge in [-0.1, -0.05) is 52.1 Å². The second-order valence-electron chi connectivity index (χ2n) is 5.88. The highest BCUT2D eigenvalue weighted by molar-refractivity contribution is 5.96. The molecule has 1 aromatic carbocycles. The van der Waals surface area contributed by atoms with E-state index in [0.29, 0.717) is 0 Å². The number of benzene rings is 1. The lowest BCUT2D eigenvalue weighted by Gasteiger charge is -2.23. The molecular formula is C17H21N. The third-order valence-electron chi connectivity index (χ3n) is 3.49. The zero-order valence-electron chi connectivity index (χ0n) is 11.7. The van der Waals surface area contributed by atoms with Crippen LogP contribution in [-0.2, 0) is 7.05 Å². The highest BCUT2D eigenvalue weighted by atomic mass is 14.9. The molecule has 0 aliphatic heterocycles. The van der Waals surface area contributed by atoms with Crippen LogP contribution in [-0.4, -0.2) is 4.57 Å². The van der Waals surface area contributed by atoms with E-state index in [4.69, 9.17) is 0 Å². The van der Waals surface area contributed by atoms with Crippen LogP contribution >= 0.6 is 0 Å². The standard InChI is InChI=1S/C17H21N/c1-12(13(2)17(3,4)5)15-11-18(6)16-10-8-7-9-14(15)16/h7-11H,1-2H2,3-6H3. The van der Waals surface area contributed by atoms with Gasteiger partial charge in [-0.2, -0.15) is 0 Å². The number of rotatable bonds is 2. The summed E-state index contributed by atoms with van der Waals surface area (Å²) in [5.41, 5.74) is 4.61. The van der Waals surface area contributed by atoms with Crippen molar-refractivity contribution in [2.24, 2.45) is 12.5 Å². The van der Waals surface area contributed by atoms with E-state index >= 15 is 0 Å². The first-order valence-corrected chi connectivity index (χ1v) is 6.25. The minimum Gasteiger partial charge on any atom is -0.350 e. The van der Waals surface area contributed by atoms with Gasteiger partial charge < -0.3 is 4.57 Å². The summed E-state index contributed by atoms with van der Waals surface area (Å²) in [6, 6.07) is 8.41. The molecule has 1 heteroatoms. The Labute approximate surface area is 109 Å². The molecule has 0 N–H and O–H groups in total. The van der Waals surface area contributed by atoms with Gasteiger partial charge in [-0.15, -0.1) is 0 Å². The monoisotopic (exact) mass is 239 g/mol. The summed E-state index contributed by atoms with van der Waals surface area (Å²) in [6.45, 7) is 15.0. The van der Waals surface area contributed by atoms with Crippen molar-refractivity contribution in [3.05, 3.63) is 54.8 Å². The predicted octanol–water partition coefficient (Wildman–Crippen LogP) is 4.79. The van der Waals surface area contributed by atoms with Gasteiger partial charge in [0.05, 0.1) is 0 Å². The van der Waals surface area contributed by atoms with Crippen LogP contribution in [0.4, 0.5) is 0 Å². The van der Waals surface area contributed by atoms with Crippen LogP contribution in [0.15, 0.2) is 49.2 Å². The quantitative estimate of drug-likeness (QED) is 0.664. The van der Waals surface area contributed by atoms with Crippen LogP contribution in [0.1, 0.15) is 26.3 Å². The molecule has 1 heterocycles. The van der Waals surface area contributed by atoms with Gasteiger partial charge in [-0.3, -0.25) is 0 Å². The molecule has 0 saturated heterocycles. The van der Waals surface area contributed by atoms with E-state index in [1.165, 1.54) is 16.5 Å². The first kappa shape index (κ1) is 12.7. The minimum atomic E-state index is 0.0496. The van der Waals surface area contributed by atoms with Crippen LogP contribution < -0.4 is 0 Å². The Kier molecular flexibility index (Phi) is 2.94. The number of allylic oxidation sites excluding steroid dienone is 2. The Morgan fingerprint density at radius 3 is 2.33 bits per heavy atom. The SMILES string of the molecule is C=C(C(=C)C(C)(C)C)c1cn(C)c2ccccc12. The molecule has 1 nitrogen and oxygen atoms in total. The van der Waals surface area contributed by atoms with Crippen molar-refractivity contribution in [1.29, 1.82) is 0 Å². The fourth-order valence-electron chi connectivity index (χ4n) is 2.20. The van der Waals surface area contributed by atoms with Crippen LogP contribution in [0.5, 0.6) is 0 Å². The molecule has 0 bridgehead atoms. The molecule has 0 spiro atoms. The van der Waals surface area contributed by atoms with Crippen LogP contribution in [0.2, 0.25) is 0 Å². The van der Waals surface area contributed by atoms with Gasteiger partial charge in [0.25, 0.3) is 0 Å². The first-order chi connectivity index (χ1) is 8.32. The number of hydrogen-bond acceptors (Lipinski definition) is 0. The second-order valence-corrected chi connectivity index (χ2v) is 5.88. The first-order valence-electron chi connectivity index (χ1n) is 6.25.